The molecule has 0 spiro atoms. The number of nitrogen functional groups attached to an aromatic ring is 1. The van der Waals surface area contributed by atoms with Crippen LogP contribution < -0.4 is 5.73 Å². The highest BCUT2D eigenvalue weighted by molar-refractivity contribution is 5.91. The van der Waals surface area contributed by atoms with E-state index in [9.17, 15) is 9.90 Å². The van der Waals surface area contributed by atoms with Crippen LogP contribution in [-0.4, -0.2) is 18.2 Å². The zero-order valence-corrected chi connectivity index (χ0v) is 7.50. The lowest BCUT2D eigenvalue weighted by Crippen LogP contribution is -2.02. The Balaban J connectivity index is 3.20. The fourth-order valence-electron chi connectivity index (χ4n) is 1.02. The second-order valence-corrected chi connectivity index (χ2v) is 2.72. The van der Waals surface area contributed by atoms with Crippen molar-refractivity contribution >= 4 is 11.7 Å². The van der Waals surface area contributed by atoms with Gasteiger partial charge in [0.15, 0.2) is 0 Å². The third kappa shape index (κ3) is 1.72. The van der Waals surface area contributed by atoms with Crippen molar-refractivity contribution in [3.8, 4) is 5.75 Å². The summed E-state index contributed by atoms with van der Waals surface area (Å²) in [7, 11) is 1.28. The van der Waals surface area contributed by atoms with Gasteiger partial charge in [0.2, 0.25) is 0 Å². The number of esters is 1. The number of rotatable bonds is 1. The fourth-order valence-corrected chi connectivity index (χ4v) is 1.02. The summed E-state index contributed by atoms with van der Waals surface area (Å²) in [6.45, 7) is 1.71. The van der Waals surface area contributed by atoms with Crippen LogP contribution in [0.25, 0.3) is 0 Å². The van der Waals surface area contributed by atoms with Gasteiger partial charge in [-0.2, -0.15) is 0 Å². The van der Waals surface area contributed by atoms with Gasteiger partial charge in [0.05, 0.1) is 18.4 Å². The molecule has 0 aliphatic carbocycles. The molecule has 0 saturated carbocycles. The van der Waals surface area contributed by atoms with Crippen molar-refractivity contribution in [1.29, 1.82) is 0 Å². The van der Waals surface area contributed by atoms with Gasteiger partial charge in [-0.3, -0.25) is 0 Å². The number of anilines is 1. The Morgan fingerprint density at radius 3 is 2.62 bits per heavy atom. The lowest BCUT2D eigenvalue weighted by molar-refractivity contribution is 0.0600. The van der Waals surface area contributed by atoms with Gasteiger partial charge in [0.1, 0.15) is 5.75 Å². The summed E-state index contributed by atoms with van der Waals surface area (Å²) in [5, 5.41) is 9.29. The molecule has 1 aromatic rings. The van der Waals surface area contributed by atoms with E-state index in [1.54, 1.807) is 13.0 Å². The number of phenols is 1. The normalized spacial score (nSPS) is 9.69. The summed E-state index contributed by atoms with van der Waals surface area (Å²) in [6, 6.07) is 2.86. The molecule has 1 rings (SSSR count). The smallest absolute Gasteiger partial charge is 0.337 e. The summed E-state index contributed by atoms with van der Waals surface area (Å²) in [5.74, 6) is -0.584. The zero-order valence-electron chi connectivity index (χ0n) is 7.50. The van der Waals surface area contributed by atoms with Crippen LogP contribution in [0.2, 0.25) is 0 Å². The van der Waals surface area contributed by atoms with E-state index in [0.717, 1.165) is 0 Å². The van der Waals surface area contributed by atoms with Crippen LogP contribution in [-0.2, 0) is 4.74 Å². The Morgan fingerprint density at radius 1 is 1.54 bits per heavy atom. The number of carbonyl (C=O) groups excluding carboxylic acids is 1. The van der Waals surface area contributed by atoms with Gasteiger partial charge in [0, 0.05) is 0 Å². The lowest BCUT2D eigenvalue weighted by Gasteiger charge is -2.05. The highest BCUT2D eigenvalue weighted by atomic mass is 16.5. The van der Waals surface area contributed by atoms with Crippen molar-refractivity contribution in [3.63, 3.8) is 0 Å². The van der Waals surface area contributed by atoms with E-state index in [-0.39, 0.29) is 11.4 Å². The average Bonchev–Trinajstić information content (AvgIpc) is 2.12. The quantitative estimate of drug-likeness (QED) is 0.386. The van der Waals surface area contributed by atoms with Gasteiger partial charge in [-0.15, -0.1) is 0 Å². The van der Waals surface area contributed by atoms with E-state index in [1.807, 2.05) is 0 Å². The SMILES string of the molecule is COC(=O)c1cc(C)c(N)c(O)c1. The summed E-state index contributed by atoms with van der Waals surface area (Å²) < 4.78 is 4.50. The molecule has 0 bridgehead atoms. The largest absolute Gasteiger partial charge is 0.506 e. The van der Waals surface area contributed by atoms with Gasteiger partial charge in [0.25, 0.3) is 0 Å². The minimum Gasteiger partial charge on any atom is -0.506 e. The number of nitrogens with two attached hydrogens (primary N) is 1. The number of phenolic OH excluding ortho intramolecular Hbond substituents is 1. The van der Waals surface area contributed by atoms with Crippen molar-refractivity contribution in [1.82, 2.24) is 0 Å². The first-order valence-corrected chi connectivity index (χ1v) is 3.73. The number of methoxy groups -OCH3 is 1. The third-order valence-electron chi connectivity index (χ3n) is 1.79. The van der Waals surface area contributed by atoms with Gasteiger partial charge >= 0.3 is 5.97 Å². The standard InChI is InChI=1S/C9H11NO3/c1-5-3-6(9(12)13-2)4-7(11)8(5)10/h3-4,11H,10H2,1-2H3. The number of benzene rings is 1. The minimum absolute atomic E-state index is 0.0969. The molecule has 0 aliphatic rings. The molecule has 3 N–H and O–H groups in total. The number of ether oxygens (including phenoxy) is 1. The maximum Gasteiger partial charge on any atom is 0.337 e. The van der Waals surface area contributed by atoms with Gasteiger partial charge in [-0.25, -0.2) is 4.79 Å². The molecule has 1 aromatic carbocycles. The zero-order chi connectivity index (χ0) is 10.0. The monoisotopic (exact) mass is 181 g/mol. The summed E-state index contributed by atoms with van der Waals surface area (Å²) in [5.41, 5.74) is 6.73. The van der Waals surface area contributed by atoms with Crippen LogP contribution in [0.4, 0.5) is 5.69 Å². The molecule has 0 fully saturated rings. The van der Waals surface area contributed by atoms with Crippen molar-refractivity contribution in [2.45, 2.75) is 6.92 Å². The van der Waals surface area contributed by atoms with Crippen molar-refractivity contribution in [2.75, 3.05) is 12.8 Å². The molecule has 0 saturated heterocycles. The molecule has 0 aliphatic heterocycles. The number of aromatic hydroxyl groups is 1. The third-order valence-corrected chi connectivity index (χ3v) is 1.79. The minimum atomic E-state index is -0.488. The Morgan fingerprint density at radius 2 is 2.15 bits per heavy atom. The molecule has 0 atom stereocenters. The molecule has 0 heterocycles. The Bertz CT molecular complexity index is 324. The summed E-state index contributed by atoms with van der Waals surface area (Å²) in [6.07, 6.45) is 0. The average molecular weight is 181 g/mol. The molecule has 0 unspecified atom stereocenters. The first-order valence-electron chi connectivity index (χ1n) is 3.73. The Hall–Kier alpha value is -1.71. The van der Waals surface area contributed by atoms with E-state index in [1.165, 1.54) is 13.2 Å². The topological polar surface area (TPSA) is 72.5 Å². The molecule has 0 radical (unpaired) electrons. The van der Waals surface area contributed by atoms with Crippen LogP contribution >= 0.6 is 0 Å². The summed E-state index contributed by atoms with van der Waals surface area (Å²) >= 11 is 0. The lowest BCUT2D eigenvalue weighted by atomic mass is 10.1. The molecule has 0 aromatic heterocycles. The van der Waals surface area contributed by atoms with E-state index >= 15 is 0 Å². The number of hydrogen-bond acceptors (Lipinski definition) is 4. The molecule has 4 heteroatoms. The Kier molecular flexibility index (Phi) is 2.41. The number of carbonyl (C=O) groups is 1. The van der Waals surface area contributed by atoms with Gasteiger partial charge in [-0.05, 0) is 24.6 Å². The predicted molar refractivity (Wildman–Crippen MR) is 48.6 cm³/mol. The van der Waals surface area contributed by atoms with Crippen molar-refractivity contribution in [3.05, 3.63) is 23.3 Å². The van der Waals surface area contributed by atoms with Crippen LogP contribution in [0.15, 0.2) is 12.1 Å². The maximum absolute atomic E-state index is 11.1. The molecule has 0 amide bonds. The first-order chi connectivity index (χ1) is 6.06. The molecule has 70 valence electrons. The van der Waals surface area contributed by atoms with E-state index in [4.69, 9.17) is 5.73 Å². The van der Waals surface area contributed by atoms with Crippen LogP contribution in [0.3, 0.4) is 0 Å². The summed E-state index contributed by atoms with van der Waals surface area (Å²) in [4.78, 5) is 11.1. The van der Waals surface area contributed by atoms with Crippen molar-refractivity contribution < 1.29 is 14.6 Å². The van der Waals surface area contributed by atoms with E-state index in [2.05, 4.69) is 4.74 Å². The second kappa shape index (κ2) is 3.35. The van der Waals surface area contributed by atoms with Gasteiger partial charge in [-0.1, -0.05) is 0 Å². The fraction of sp³-hybridized carbons (Fsp3) is 0.222. The van der Waals surface area contributed by atoms with Crippen molar-refractivity contribution in [2.24, 2.45) is 0 Å². The van der Waals surface area contributed by atoms with Crippen LogP contribution in [0.1, 0.15) is 15.9 Å². The molecule has 4 nitrogen and oxygen atoms in total. The second-order valence-electron chi connectivity index (χ2n) is 2.72. The molecular weight excluding hydrogens is 170 g/mol. The van der Waals surface area contributed by atoms with Gasteiger partial charge < -0.3 is 15.6 Å². The van der Waals surface area contributed by atoms with E-state index < -0.39 is 5.97 Å². The first kappa shape index (κ1) is 9.38. The van der Waals surface area contributed by atoms with Crippen LogP contribution in [0, 0.1) is 6.92 Å². The van der Waals surface area contributed by atoms with E-state index in [0.29, 0.717) is 11.1 Å². The molecular formula is C9H11NO3. The van der Waals surface area contributed by atoms with Crippen LogP contribution in [0.5, 0.6) is 5.75 Å². The number of aryl methyl sites for hydroxylation is 1. The maximum atomic E-state index is 11.1. The highest BCUT2D eigenvalue weighted by Crippen LogP contribution is 2.25. The number of hydrogen-bond donors (Lipinski definition) is 2. The highest BCUT2D eigenvalue weighted by Gasteiger charge is 2.10. The Labute approximate surface area is 75.9 Å². The predicted octanol–water partition coefficient (Wildman–Crippen LogP) is 1.07. The molecule has 13 heavy (non-hydrogen) atoms.